The van der Waals surface area contributed by atoms with Crippen LogP contribution in [0.3, 0.4) is 0 Å². The Morgan fingerprint density at radius 2 is 0.857 bits per heavy atom. The summed E-state index contributed by atoms with van der Waals surface area (Å²) in [5.41, 5.74) is 2.44. The summed E-state index contributed by atoms with van der Waals surface area (Å²) in [6, 6.07) is 25.6. The van der Waals surface area contributed by atoms with Crippen LogP contribution in [0.15, 0.2) is 72.8 Å². The van der Waals surface area contributed by atoms with E-state index in [4.69, 9.17) is 18.9 Å². The molecule has 0 radical (unpaired) electrons. The minimum Gasteiger partial charge on any atom is -0.493 e. The number of ether oxygens (including phenoxy) is 4. The van der Waals surface area contributed by atoms with Crippen LogP contribution in [-0.2, 0) is 22.6 Å². The van der Waals surface area contributed by atoms with Crippen LogP contribution in [0.1, 0.15) is 49.7 Å². The van der Waals surface area contributed by atoms with Crippen molar-refractivity contribution in [2.75, 3.05) is 52.7 Å². The molecule has 0 saturated heterocycles. The summed E-state index contributed by atoms with van der Waals surface area (Å²) in [7, 11) is 0. The van der Waals surface area contributed by atoms with Gasteiger partial charge in [0.15, 0.2) is 0 Å². The summed E-state index contributed by atoms with van der Waals surface area (Å²) in [6.07, 6.45) is 5.90. The van der Waals surface area contributed by atoms with Crippen LogP contribution in [0.2, 0.25) is 0 Å². The number of hydrogen-bond donors (Lipinski definition) is 2. The maximum absolute atomic E-state index is 6.34. The van der Waals surface area contributed by atoms with E-state index >= 15 is 0 Å². The van der Waals surface area contributed by atoms with E-state index in [1.54, 1.807) is 0 Å². The summed E-state index contributed by atoms with van der Waals surface area (Å²) < 4.78 is 24.4. The maximum atomic E-state index is 6.34. The van der Waals surface area contributed by atoms with E-state index in [2.05, 4.69) is 83.4 Å². The van der Waals surface area contributed by atoms with Crippen molar-refractivity contribution in [3.8, 4) is 11.5 Å². The lowest BCUT2D eigenvalue weighted by molar-refractivity contribution is 0.101. The number of benzene rings is 4. The first-order valence-corrected chi connectivity index (χ1v) is 15.7. The summed E-state index contributed by atoms with van der Waals surface area (Å²) in [5, 5.41) is 12.2. The van der Waals surface area contributed by atoms with Crippen molar-refractivity contribution < 1.29 is 18.9 Å². The lowest BCUT2D eigenvalue weighted by atomic mass is 10.0. The van der Waals surface area contributed by atoms with E-state index in [1.165, 1.54) is 32.7 Å². The second kappa shape index (κ2) is 17.1. The third kappa shape index (κ3) is 8.92. The van der Waals surface area contributed by atoms with Crippen LogP contribution in [0.5, 0.6) is 11.5 Å². The molecule has 224 valence electrons. The molecular weight excluding hydrogens is 524 g/mol. The largest absolute Gasteiger partial charge is 0.493 e. The fourth-order valence-electron chi connectivity index (χ4n) is 5.47. The lowest BCUT2D eigenvalue weighted by Crippen LogP contribution is -2.18. The van der Waals surface area contributed by atoms with Crippen molar-refractivity contribution in [2.45, 2.75) is 51.6 Å². The Hall–Kier alpha value is -3.16. The SMILES string of the molecule is c1ccc2c3c(ccc2c1)OCCCCOc1ccc2ccccc2c1CNCCCOCCCCOCCCNC3. The van der Waals surface area contributed by atoms with Gasteiger partial charge < -0.3 is 29.6 Å². The fourth-order valence-corrected chi connectivity index (χ4v) is 5.47. The second-order valence-corrected chi connectivity index (χ2v) is 10.9. The Morgan fingerprint density at radius 3 is 1.36 bits per heavy atom. The highest BCUT2D eigenvalue weighted by Gasteiger charge is 2.11. The number of hydrogen-bond acceptors (Lipinski definition) is 6. The summed E-state index contributed by atoms with van der Waals surface area (Å²) in [4.78, 5) is 0. The van der Waals surface area contributed by atoms with Gasteiger partial charge in [-0.3, -0.25) is 0 Å². The van der Waals surface area contributed by atoms with Gasteiger partial charge in [0.05, 0.1) is 13.2 Å². The molecule has 0 atom stereocenters. The van der Waals surface area contributed by atoms with Crippen LogP contribution in [0.4, 0.5) is 0 Å². The highest BCUT2D eigenvalue weighted by atomic mass is 16.5. The molecule has 42 heavy (non-hydrogen) atoms. The lowest BCUT2D eigenvalue weighted by Gasteiger charge is -2.16. The Morgan fingerprint density at radius 1 is 0.429 bits per heavy atom. The van der Waals surface area contributed by atoms with Crippen LogP contribution < -0.4 is 20.1 Å². The van der Waals surface area contributed by atoms with Crippen molar-refractivity contribution in [2.24, 2.45) is 0 Å². The minimum atomic E-state index is 0.663. The molecule has 0 amide bonds. The van der Waals surface area contributed by atoms with Crippen LogP contribution in [0, 0.1) is 0 Å². The average molecular weight is 571 g/mol. The Bertz CT molecular complexity index is 1270. The van der Waals surface area contributed by atoms with E-state index in [-0.39, 0.29) is 0 Å². The molecule has 0 aromatic heterocycles. The predicted octanol–water partition coefficient (Wildman–Crippen LogP) is 7.02. The molecular formula is C36H46N2O4. The Labute approximate surface area is 250 Å². The van der Waals surface area contributed by atoms with E-state index in [0.717, 1.165) is 103 Å². The molecule has 1 aliphatic heterocycles. The molecule has 0 aliphatic carbocycles. The average Bonchev–Trinajstić information content (AvgIpc) is 3.02. The first-order chi connectivity index (χ1) is 20.9. The van der Waals surface area contributed by atoms with E-state index in [9.17, 15) is 0 Å². The van der Waals surface area contributed by atoms with Crippen molar-refractivity contribution in [1.82, 2.24) is 10.6 Å². The molecule has 0 saturated carbocycles. The molecule has 6 heteroatoms. The van der Waals surface area contributed by atoms with Gasteiger partial charge in [0, 0.05) is 50.6 Å². The van der Waals surface area contributed by atoms with Gasteiger partial charge >= 0.3 is 0 Å². The van der Waals surface area contributed by atoms with Gasteiger partial charge in [0.2, 0.25) is 0 Å². The van der Waals surface area contributed by atoms with Gasteiger partial charge in [-0.05, 0) is 85.3 Å². The Balaban J connectivity index is 1.22. The molecule has 4 aromatic carbocycles. The molecule has 1 aliphatic rings. The highest BCUT2D eigenvalue weighted by molar-refractivity contribution is 5.88. The van der Waals surface area contributed by atoms with Crippen LogP contribution in [0.25, 0.3) is 21.5 Å². The normalized spacial score (nSPS) is 17.9. The number of nitrogens with one attached hydrogen (secondary N) is 2. The molecule has 1 heterocycles. The third-order valence-corrected chi connectivity index (χ3v) is 7.76. The molecule has 4 aromatic rings. The summed E-state index contributed by atoms with van der Waals surface area (Å²) >= 11 is 0. The third-order valence-electron chi connectivity index (χ3n) is 7.76. The molecule has 0 unspecified atom stereocenters. The number of rotatable bonds is 0. The van der Waals surface area contributed by atoms with Gasteiger partial charge in [-0.1, -0.05) is 60.7 Å². The fraction of sp³-hybridized carbons (Fsp3) is 0.444. The molecule has 5 rings (SSSR count). The van der Waals surface area contributed by atoms with Crippen LogP contribution in [-0.4, -0.2) is 52.7 Å². The standard InChI is InChI=1S/C36H46N2O4/c1-3-13-31-29(11-1)15-17-35-33(31)27-37-19-9-23-39-21-5-6-22-40-24-10-20-38-28-34-32-14-4-2-12-30(32)16-18-36(34)42-26-8-7-25-41-35/h1-4,11-18,37-38H,5-10,19-28H2. The molecule has 0 bridgehead atoms. The van der Waals surface area contributed by atoms with Gasteiger partial charge in [-0.25, -0.2) is 0 Å². The van der Waals surface area contributed by atoms with Gasteiger partial charge in [0.1, 0.15) is 11.5 Å². The molecule has 0 fully saturated rings. The van der Waals surface area contributed by atoms with Gasteiger partial charge in [-0.15, -0.1) is 0 Å². The topological polar surface area (TPSA) is 61.0 Å². The second-order valence-electron chi connectivity index (χ2n) is 10.9. The molecule has 2 N–H and O–H groups in total. The van der Waals surface area contributed by atoms with Crippen molar-refractivity contribution in [1.29, 1.82) is 0 Å². The summed E-state index contributed by atoms with van der Waals surface area (Å²) in [5.74, 6) is 1.93. The van der Waals surface area contributed by atoms with Crippen molar-refractivity contribution >= 4 is 21.5 Å². The predicted molar refractivity (Wildman–Crippen MR) is 172 cm³/mol. The monoisotopic (exact) mass is 570 g/mol. The zero-order valence-corrected chi connectivity index (χ0v) is 24.9. The zero-order chi connectivity index (χ0) is 28.7. The first-order valence-electron chi connectivity index (χ1n) is 15.7. The van der Waals surface area contributed by atoms with E-state index in [1.807, 2.05) is 0 Å². The molecule has 6 nitrogen and oxygen atoms in total. The van der Waals surface area contributed by atoms with Crippen molar-refractivity contribution in [3.05, 3.63) is 83.9 Å². The van der Waals surface area contributed by atoms with E-state index in [0.29, 0.717) is 13.2 Å². The minimum absolute atomic E-state index is 0.663. The maximum Gasteiger partial charge on any atom is 0.124 e. The smallest absolute Gasteiger partial charge is 0.124 e. The highest BCUT2D eigenvalue weighted by Crippen LogP contribution is 2.30. The quantitative estimate of drug-likeness (QED) is 0.237. The van der Waals surface area contributed by atoms with Gasteiger partial charge in [-0.2, -0.15) is 0 Å². The van der Waals surface area contributed by atoms with Crippen LogP contribution >= 0.6 is 0 Å². The van der Waals surface area contributed by atoms with Gasteiger partial charge in [0.25, 0.3) is 0 Å². The first kappa shape index (κ1) is 30.3. The van der Waals surface area contributed by atoms with E-state index < -0.39 is 0 Å². The number of fused-ring (bicyclic) bond motifs is 6. The van der Waals surface area contributed by atoms with Crippen molar-refractivity contribution in [3.63, 3.8) is 0 Å². The zero-order valence-electron chi connectivity index (χ0n) is 24.9. The Kier molecular flexibility index (Phi) is 12.3. The molecule has 0 spiro atoms. The summed E-state index contributed by atoms with van der Waals surface area (Å²) in [6.45, 7) is 7.84.